The van der Waals surface area contributed by atoms with E-state index in [2.05, 4.69) is 5.32 Å². The van der Waals surface area contributed by atoms with Crippen molar-refractivity contribution in [3.63, 3.8) is 0 Å². The van der Waals surface area contributed by atoms with Gasteiger partial charge in [-0.15, -0.1) is 0 Å². The Morgan fingerprint density at radius 3 is 2.70 bits per heavy atom. The molecule has 2 fully saturated rings. The minimum absolute atomic E-state index is 0.133. The van der Waals surface area contributed by atoms with Gasteiger partial charge in [-0.3, -0.25) is 9.59 Å². The van der Waals surface area contributed by atoms with Crippen molar-refractivity contribution < 1.29 is 14.3 Å². The maximum Gasteiger partial charge on any atom is 0.257 e. The third kappa shape index (κ3) is 3.81. The molecule has 1 N–H and O–H groups in total. The van der Waals surface area contributed by atoms with Crippen molar-refractivity contribution in [2.24, 2.45) is 0 Å². The highest BCUT2D eigenvalue weighted by Gasteiger charge is 2.35. The fourth-order valence-electron chi connectivity index (χ4n) is 3.61. The minimum Gasteiger partial charge on any atom is -0.619 e. The molecule has 0 radical (unpaired) electrons. The van der Waals surface area contributed by atoms with Crippen LogP contribution in [0.1, 0.15) is 55.3 Å². The van der Waals surface area contributed by atoms with Crippen molar-refractivity contribution in [2.75, 3.05) is 6.54 Å². The van der Waals surface area contributed by atoms with E-state index >= 15 is 0 Å². The molecule has 2 amide bonds. The third-order valence-electron chi connectivity index (χ3n) is 4.80. The van der Waals surface area contributed by atoms with E-state index in [1.165, 1.54) is 38.1 Å². The Morgan fingerprint density at radius 1 is 1.26 bits per heavy atom. The van der Waals surface area contributed by atoms with E-state index in [1.54, 1.807) is 12.1 Å². The van der Waals surface area contributed by atoms with Crippen LogP contribution in [0.25, 0.3) is 0 Å². The normalized spacial score (nSPS) is 22.9. The summed E-state index contributed by atoms with van der Waals surface area (Å²) in [7, 11) is 0. The largest absolute Gasteiger partial charge is 0.619 e. The van der Waals surface area contributed by atoms with Crippen LogP contribution in [-0.4, -0.2) is 35.3 Å². The van der Waals surface area contributed by atoms with Crippen LogP contribution in [-0.2, 0) is 4.79 Å². The molecule has 2 heterocycles. The molecule has 1 aliphatic carbocycles. The molecular formula is C17H23N3O3. The number of amides is 2. The van der Waals surface area contributed by atoms with Crippen molar-refractivity contribution in [1.82, 2.24) is 10.2 Å². The lowest BCUT2D eigenvalue weighted by Gasteiger charge is -2.27. The lowest BCUT2D eigenvalue weighted by Crippen LogP contribution is -2.41. The summed E-state index contributed by atoms with van der Waals surface area (Å²) >= 11 is 0. The monoisotopic (exact) mass is 317 g/mol. The summed E-state index contributed by atoms with van der Waals surface area (Å²) in [5.41, 5.74) is 0.322. The molecule has 1 saturated carbocycles. The maximum absolute atomic E-state index is 12.3. The van der Waals surface area contributed by atoms with Crippen molar-refractivity contribution in [1.29, 1.82) is 0 Å². The number of hydrogen-bond acceptors (Lipinski definition) is 3. The number of nitrogens with one attached hydrogen (secondary N) is 1. The number of carbonyl (C=O) groups excluding carboxylic acids is 2. The summed E-state index contributed by atoms with van der Waals surface area (Å²) in [4.78, 5) is 26.4. The van der Waals surface area contributed by atoms with Gasteiger partial charge in [0.2, 0.25) is 5.91 Å². The number of likely N-dealkylation sites (tertiary alicyclic amines) is 1. The molecule has 1 aromatic rings. The Bertz CT molecular complexity index is 582. The highest BCUT2D eigenvalue weighted by Crippen LogP contribution is 2.25. The standard InChI is InChI=1S/C17H23N3O3/c21-16-10-14(12-20(16)15-7-3-1-2-4-8-15)18-17(22)13-6-5-9-19(23)11-13/h5-6,9,11,14-15H,1-4,7-8,10,12H2,(H,18,22). The van der Waals surface area contributed by atoms with Gasteiger partial charge < -0.3 is 15.4 Å². The van der Waals surface area contributed by atoms with Crippen LogP contribution in [0.15, 0.2) is 24.5 Å². The smallest absolute Gasteiger partial charge is 0.257 e. The molecule has 2 aliphatic rings. The van der Waals surface area contributed by atoms with Gasteiger partial charge >= 0.3 is 0 Å². The first-order valence-corrected chi connectivity index (χ1v) is 8.42. The van der Waals surface area contributed by atoms with Crippen LogP contribution in [0.2, 0.25) is 0 Å². The number of nitrogens with zero attached hydrogens (tertiary/aromatic N) is 2. The van der Waals surface area contributed by atoms with Gasteiger partial charge in [0.05, 0.1) is 6.04 Å². The second-order valence-electron chi connectivity index (χ2n) is 6.52. The van der Waals surface area contributed by atoms with Crippen LogP contribution in [0.4, 0.5) is 0 Å². The summed E-state index contributed by atoms with van der Waals surface area (Å²) in [6.07, 6.45) is 9.94. The van der Waals surface area contributed by atoms with E-state index < -0.39 is 0 Å². The average molecular weight is 317 g/mol. The Kier molecular flexibility index (Phi) is 4.79. The number of rotatable bonds is 3. The van der Waals surface area contributed by atoms with Crippen molar-refractivity contribution in [3.05, 3.63) is 35.3 Å². The Labute approximate surface area is 136 Å². The molecule has 0 bridgehead atoms. The van der Waals surface area contributed by atoms with Crippen LogP contribution in [0.5, 0.6) is 0 Å². The average Bonchev–Trinajstić information content (AvgIpc) is 2.75. The van der Waals surface area contributed by atoms with E-state index in [0.717, 1.165) is 12.8 Å². The molecule has 6 heteroatoms. The SMILES string of the molecule is O=C(NC1CC(=O)N(C2CCCCCC2)C1)c1ccc[n+]([O-])c1. The molecule has 23 heavy (non-hydrogen) atoms. The van der Waals surface area contributed by atoms with Crippen molar-refractivity contribution >= 4 is 11.8 Å². The summed E-state index contributed by atoms with van der Waals surface area (Å²) in [6.45, 7) is 0.583. The summed E-state index contributed by atoms with van der Waals surface area (Å²) in [5.74, 6) is -0.162. The molecule has 1 unspecified atom stereocenters. The number of aromatic nitrogens is 1. The zero-order chi connectivity index (χ0) is 16.2. The van der Waals surface area contributed by atoms with Crippen LogP contribution < -0.4 is 10.0 Å². The summed E-state index contributed by atoms with van der Waals surface area (Å²) < 4.78 is 0.604. The van der Waals surface area contributed by atoms with E-state index in [0.29, 0.717) is 29.3 Å². The van der Waals surface area contributed by atoms with Gasteiger partial charge in [-0.1, -0.05) is 25.7 Å². The molecule has 1 saturated heterocycles. The van der Waals surface area contributed by atoms with Crippen molar-refractivity contribution in [3.8, 4) is 0 Å². The Morgan fingerprint density at radius 2 is 2.00 bits per heavy atom. The maximum atomic E-state index is 12.3. The second kappa shape index (κ2) is 6.98. The molecule has 3 rings (SSSR count). The van der Waals surface area contributed by atoms with Gasteiger partial charge in [0.25, 0.3) is 5.91 Å². The van der Waals surface area contributed by atoms with Crippen LogP contribution >= 0.6 is 0 Å². The third-order valence-corrected chi connectivity index (χ3v) is 4.80. The van der Waals surface area contributed by atoms with Gasteiger partial charge in [-0.2, -0.15) is 4.73 Å². The fourth-order valence-corrected chi connectivity index (χ4v) is 3.61. The quantitative estimate of drug-likeness (QED) is 0.520. The highest BCUT2D eigenvalue weighted by molar-refractivity contribution is 5.94. The fraction of sp³-hybridized carbons (Fsp3) is 0.588. The molecule has 1 aromatic heterocycles. The molecule has 1 aliphatic heterocycles. The number of pyridine rings is 1. The first kappa shape index (κ1) is 15.8. The molecule has 6 nitrogen and oxygen atoms in total. The highest BCUT2D eigenvalue weighted by atomic mass is 16.5. The predicted molar refractivity (Wildman–Crippen MR) is 84.5 cm³/mol. The number of hydrogen-bond donors (Lipinski definition) is 1. The van der Waals surface area contributed by atoms with Gasteiger partial charge in [0.1, 0.15) is 5.56 Å². The lowest BCUT2D eigenvalue weighted by molar-refractivity contribution is -0.605. The molecular weight excluding hydrogens is 294 g/mol. The van der Waals surface area contributed by atoms with Gasteiger partial charge in [0.15, 0.2) is 12.4 Å². The Hall–Kier alpha value is -2.11. The topological polar surface area (TPSA) is 76.4 Å². The van der Waals surface area contributed by atoms with Crippen LogP contribution in [0.3, 0.4) is 0 Å². The van der Waals surface area contributed by atoms with Gasteiger partial charge in [-0.05, 0) is 18.9 Å². The zero-order valence-electron chi connectivity index (χ0n) is 13.2. The van der Waals surface area contributed by atoms with E-state index in [4.69, 9.17) is 0 Å². The number of carbonyl (C=O) groups is 2. The van der Waals surface area contributed by atoms with Crippen LogP contribution in [0, 0.1) is 5.21 Å². The second-order valence-corrected chi connectivity index (χ2v) is 6.52. The van der Waals surface area contributed by atoms with Crippen molar-refractivity contribution in [2.45, 2.75) is 57.0 Å². The predicted octanol–water partition coefficient (Wildman–Crippen LogP) is 1.37. The molecule has 0 aromatic carbocycles. The molecule has 124 valence electrons. The molecule has 1 atom stereocenters. The molecule has 0 spiro atoms. The van der Waals surface area contributed by atoms with Gasteiger partial charge in [0, 0.05) is 25.1 Å². The first-order valence-electron chi connectivity index (χ1n) is 8.42. The first-order chi connectivity index (χ1) is 11.1. The summed E-state index contributed by atoms with van der Waals surface area (Å²) in [5, 5.41) is 14.1. The van der Waals surface area contributed by atoms with E-state index in [1.807, 2.05) is 4.90 Å². The van der Waals surface area contributed by atoms with Gasteiger partial charge in [-0.25, -0.2) is 0 Å². The van der Waals surface area contributed by atoms with E-state index in [9.17, 15) is 14.8 Å². The summed E-state index contributed by atoms with van der Waals surface area (Å²) in [6, 6.07) is 3.30. The minimum atomic E-state index is -0.296. The lowest BCUT2D eigenvalue weighted by atomic mass is 10.1. The zero-order valence-corrected chi connectivity index (χ0v) is 13.2. The van der Waals surface area contributed by atoms with E-state index in [-0.39, 0.29) is 17.9 Å². The Balaban J connectivity index is 1.60.